The van der Waals surface area contributed by atoms with E-state index < -0.39 is 34.2 Å². The fraction of sp³-hybridized carbons (Fsp3) is 0.867. The van der Waals surface area contributed by atoms with E-state index in [-0.39, 0.29) is 36.0 Å². The van der Waals surface area contributed by atoms with Gasteiger partial charge in [-0.05, 0) is 6.42 Å². The van der Waals surface area contributed by atoms with Crippen molar-refractivity contribution in [2.75, 3.05) is 5.75 Å². The molecule has 23 heavy (non-hydrogen) atoms. The summed E-state index contributed by atoms with van der Waals surface area (Å²) in [6.07, 6.45) is 9.62. The first kappa shape index (κ1) is 25.3. The Kier molecular flexibility index (Phi) is 17.1. The maximum absolute atomic E-state index is 11.3. The zero-order valence-corrected chi connectivity index (χ0v) is 17.2. The molecule has 0 N–H and O–H groups in total. The van der Waals surface area contributed by atoms with E-state index in [9.17, 15) is 22.6 Å². The third-order valence-electron chi connectivity index (χ3n) is 3.27. The summed E-state index contributed by atoms with van der Waals surface area (Å²) in [5.74, 6) is -2.45. The van der Waals surface area contributed by atoms with E-state index in [1.807, 2.05) is 0 Å². The minimum Gasteiger partial charge on any atom is -0.748 e. The van der Waals surface area contributed by atoms with Crippen LogP contribution in [0.5, 0.6) is 0 Å². The molecule has 0 saturated carbocycles. The molecule has 0 aromatic rings. The van der Waals surface area contributed by atoms with Gasteiger partial charge < -0.3 is 9.29 Å². The number of carbonyl (C=O) groups excluding carboxylic acids is 2. The number of ether oxygens (including phenoxy) is 1. The van der Waals surface area contributed by atoms with Crippen molar-refractivity contribution in [3.8, 4) is 0 Å². The molecule has 6 nitrogen and oxygen atoms in total. The number of unbranched alkanes of at least 4 members (excludes halogenated alkanes) is 8. The normalized spacial score (nSPS) is 10.9. The monoisotopic (exact) mass is 358 g/mol. The Bertz CT molecular complexity index is 422. The van der Waals surface area contributed by atoms with Crippen molar-refractivity contribution in [1.29, 1.82) is 0 Å². The summed E-state index contributed by atoms with van der Waals surface area (Å²) in [6, 6.07) is 0. The molecule has 0 radical (unpaired) electrons. The van der Waals surface area contributed by atoms with Crippen LogP contribution in [0.4, 0.5) is 0 Å². The van der Waals surface area contributed by atoms with Crippen LogP contribution in [0.3, 0.4) is 0 Å². The standard InChI is InChI=1S/C15H28O6S.Na/c1-2-3-4-5-6-7-8-9-10-11-14(16)21-15(17)12-13-22(18,19)20;/h2-13H2,1H3,(H,18,19,20);/q;+1/p-1. The molecule has 0 spiro atoms. The van der Waals surface area contributed by atoms with Crippen LogP contribution in [0, 0.1) is 0 Å². The van der Waals surface area contributed by atoms with E-state index in [2.05, 4.69) is 11.7 Å². The quantitative estimate of drug-likeness (QED) is 0.150. The van der Waals surface area contributed by atoms with E-state index in [0.29, 0.717) is 6.42 Å². The average Bonchev–Trinajstić information content (AvgIpc) is 2.42. The Morgan fingerprint density at radius 3 is 1.74 bits per heavy atom. The van der Waals surface area contributed by atoms with Gasteiger partial charge in [-0.1, -0.05) is 58.3 Å². The van der Waals surface area contributed by atoms with Crippen LogP contribution in [-0.4, -0.2) is 30.7 Å². The van der Waals surface area contributed by atoms with Gasteiger partial charge in [0.1, 0.15) is 0 Å². The van der Waals surface area contributed by atoms with Crippen LogP contribution < -0.4 is 29.6 Å². The van der Waals surface area contributed by atoms with Crippen molar-refractivity contribution in [2.45, 2.75) is 77.6 Å². The first-order chi connectivity index (χ1) is 10.3. The maximum atomic E-state index is 11.3. The molecule has 0 aliphatic rings. The smallest absolute Gasteiger partial charge is 0.748 e. The molecule has 0 aromatic heterocycles. The van der Waals surface area contributed by atoms with Crippen LogP contribution >= 0.6 is 0 Å². The van der Waals surface area contributed by atoms with Crippen LogP contribution in [0.2, 0.25) is 0 Å². The molecule has 0 aliphatic heterocycles. The number of rotatable bonds is 13. The molecular formula is C15H27NaO6S. The largest absolute Gasteiger partial charge is 1.00 e. The zero-order valence-electron chi connectivity index (χ0n) is 14.3. The predicted octanol–water partition coefficient (Wildman–Crippen LogP) is -0.0836. The predicted molar refractivity (Wildman–Crippen MR) is 82.1 cm³/mol. The molecule has 0 bridgehead atoms. The fourth-order valence-corrected chi connectivity index (χ4v) is 2.43. The summed E-state index contributed by atoms with van der Waals surface area (Å²) in [7, 11) is -4.45. The zero-order chi connectivity index (χ0) is 16.8. The van der Waals surface area contributed by atoms with Crippen molar-refractivity contribution >= 4 is 22.1 Å². The van der Waals surface area contributed by atoms with Gasteiger partial charge in [0.2, 0.25) is 0 Å². The molecule has 0 atom stereocenters. The van der Waals surface area contributed by atoms with Crippen molar-refractivity contribution in [3.05, 3.63) is 0 Å². The van der Waals surface area contributed by atoms with Crippen LogP contribution in [0.25, 0.3) is 0 Å². The molecule has 0 rings (SSSR count). The minimum atomic E-state index is -4.45. The number of hydrogen-bond acceptors (Lipinski definition) is 6. The van der Waals surface area contributed by atoms with Gasteiger partial charge in [0.15, 0.2) is 0 Å². The maximum Gasteiger partial charge on any atom is 1.00 e. The van der Waals surface area contributed by atoms with Crippen LogP contribution in [0.15, 0.2) is 0 Å². The number of hydrogen-bond donors (Lipinski definition) is 0. The molecule has 8 heteroatoms. The Labute approximate surface area is 161 Å². The van der Waals surface area contributed by atoms with E-state index in [1.165, 1.54) is 32.1 Å². The van der Waals surface area contributed by atoms with E-state index >= 15 is 0 Å². The van der Waals surface area contributed by atoms with E-state index in [1.54, 1.807) is 0 Å². The second-order valence-corrected chi connectivity index (χ2v) is 6.96. The van der Waals surface area contributed by atoms with Crippen molar-refractivity contribution in [3.63, 3.8) is 0 Å². The van der Waals surface area contributed by atoms with Crippen molar-refractivity contribution in [2.24, 2.45) is 0 Å². The number of esters is 2. The third-order valence-corrected chi connectivity index (χ3v) is 3.97. The van der Waals surface area contributed by atoms with E-state index in [4.69, 9.17) is 0 Å². The summed E-state index contributed by atoms with van der Waals surface area (Å²) in [5, 5.41) is 0. The van der Waals surface area contributed by atoms with E-state index in [0.717, 1.165) is 19.3 Å². The van der Waals surface area contributed by atoms with Crippen molar-refractivity contribution < 1.29 is 56.9 Å². The van der Waals surface area contributed by atoms with Gasteiger partial charge in [0.25, 0.3) is 0 Å². The first-order valence-electron chi connectivity index (χ1n) is 8.02. The van der Waals surface area contributed by atoms with Gasteiger partial charge in [-0.2, -0.15) is 0 Å². The third kappa shape index (κ3) is 20.0. The van der Waals surface area contributed by atoms with Gasteiger partial charge in [-0.15, -0.1) is 0 Å². The summed E-state index contributed by atoms with van der Waals surface area (Å²) in [6.45, 7) is 2.18. The average molecular weight is 358 g/mol. The molecule has 0 aromatic carbocycles. The Morgan fingerprint density at radius 2 is 1.26 bits per heavy atom. The molecule has 0 saturated heterocycles. The summed E-state index contributed by atoms with van der Waals surface area (Å²) < 4.78 is 35.4. The molecule has 0 fully saturated rings. The van der Waals surface area contributed by atoms with Gasteiger partial charge in [-0.3, -0.25) is 9.59 Å². The fourth-order valence-electron chi connectivity index (χ4n) is 2.02. The van der Waals surface area contributed by atoms with Gasteiger partial charge in [-0.25, -0.2) is 8.42 Å². The number of carbonyl (C=O) groups is 2. The van der Waals surface area contributed by atoms with Gasteiger partial charge in [0, 0.05) is 12.2 Å². The summed E-state index contributed by atoms with van der Waals surface area (Å²) in [4.78, 5) is 22.4. The summed E-state index contributed by atoms with van der Waals surface area (Å²) >= 11 is 0. The summed E-state index contributed by atoms with van der Waals surface area (Å²) in [5.41, 5.74) is 0. The first-order valence-corrected chi connectivity index (χ1v) is 9.60. The molecular weight excluding hydrogens is 331 g/mol. The molecule has 0 heterocycles. The second-order valence-electron chi connectivity index (χ2n) is 5.44. The molecule has 0 unspecified atom stereocenters. The second kappa shape index (κ2) is 15.6. The van der Waals surface area contributed by atoms with Gasteiger partial charge in [0.05, 0.1) is 16.5 Å². The molecule has 130 valence electrons. The van der Waals surface area contributed by atoms with Crippen LogP contribution in [0.1, 0.15) is 77.6 Å². The van der Waals surface area contributed by atoms with Crippen molar-refractivity contribution in [1.82, 2.24) is 0 Å². The topological polar surface area (TPSA) is 101 Å². The van der Waals surface area contributed by atoms with Crippen LogP contribution in [-0.2, 0) is 24.4 Å². The molecule has 0 aliphatic carbocycles. The van der Waals surface area contributed by atoms with Gasteiger partial charge >= 0.3 is 41.5 Å². The molecule has 0 amide bonds. The minimum absolute atomic E-state index is 0. The Balaban J connectivity index is 0. The Hall–Kier alpha value is 0.0500. The Morgan fingerprint density at radius 1 is 0.826 bits per heavy atom. The SMILES string of the molecule is CCCCCCCCCCCC(=O)OC(=O)CCS(=O)(=O)[O-].[Na+].